The summed E-state index contributed by atoms with van der Waals surface area (Å²) in [5, 5.41) is 1.06. The second kappa shape index (κ2) is 7.85. The van der Waals surface area contributed by atoms with Gasteiger partial charge in [0, 0.05) is 16.5 Å². The van der Waals surface area contributed by atoms with Crippen molar-refractivity contribution in [2.45, 2.75) is 5.16 Å². The van der Waals surface area contributed by atoms with Crippen molar-refractivity contribution in [2.24, 2.45) is 0 Å². The number of carbonyl (C=O) groups is 1. The molecule has 7 heteroatoms. The molecular weight excluding hydrogens is 413 g/mol. The van der Waals surface area contributed by atoms with Crippen molar-refractivity contribution in [1.29, 1.82) is 0 Å². The molecule has 152 valence electrons. The first kappa shape index (κ1) is 19.3. The predicted molar refractivity (Wildman–Crippen MR) is 121 cm³/mol. The molecular formula is C24H16FN3O2S. The highest BCUT2D eigenvalue weighted by atomic mass is 32.2. The lowest BCUT2D eigenvalue weighted by Crippen LogP contribution is -2.23. The molecule has 0 aliphatic rings. The van der Waals surface area contributed by atoms with Crippen LogP contribution in [0.2, 0.25) is 0 Å². The highest BCUT2D eigenvalue weighted by molar-refractivity contribution is 7.99. The number of fused-ring (bicyclic) bond motifs is 3. The summed E-state index contributed by atoms with van der Waals surface area (Å²) < 4.78 is 15.9. The molecule has 5 aromatic rings. The first-order valence-corrected chi connectivity index (χ1v) is 10.6. The Morgan fingerprint density at radius 1 is 0.968 bits per heavy atom. The Kier molecular flexibility index (Phi) is 4.88. The molecule has 0 amide bonds. The van der Waals surface area contributed by atoms with E-state index in [1.54, 1.807) is 36.4 Å². The quantitative estimate of drug-likeness (QED) is 0.243. The molecule has 0 unspecified atom stereocenters. The molecule has 3 aromatic carbocycles. The first-order valence-electron chi connectivity index (χ1n) is 9.63. The van der Waals surface area contributed by atoms with Crippen LogP contribution in [-0.2, 0) is 0 Å². The van der Waals surface area contributed by atoms with E-state index in [2.05, 4.69) is 9.97 Å². The molecule has 0 radical (unpaired) electrons. The number of benzene rings is 3. The van der Waals surface area contributed by atoms with E-state index >= 15 is 0 Å². The van der Waals surface area contributed by atoms with Gasteiger partial charge >= 0.3 is 0 Å². The van der Waals surface area contributed by atoms with Gasteiger partial charge in [0.25, 0.3) is 5.56 Å². The molecule has 2 aromatic heterocycles. The van der Waals surface area contributed by atoms with Crippen molar-refractivity contribution in [3.63, 3.8) is 0 Å². The summed E-state index contributed by atoms with van der Waals surface area (Å²) in [4.78, 5) is 33.8. The molecule has 5 nitrogen and oxygen atoms in total. The molecule has 0 spiro atoms. The minimum absolute atomic E-state index is 0.0682. The number of halogens is 1. The van der Waals surface area contributed by atoms with Crippen LogP contribution in [0.15, 0.2) is 88.8 Å². The summed E-state index contributed by atoms with van der Waals surface area (Å²) in [6.45, 7) is 0. The molecule has 2 heterocycles. The summed E-state index contributed by atoms with van der Waals surface area (Å²) in [6.07, 6.45) is 0. The fraction of sp³-hybridized carbons (Fsp3) is 0.0417. The number of carbonyl (C=O) groups excluding carboxylic acids is 1. The van der Waals surface area contributed by atoms with Crippen LogP contribution in [0.4, 0.5) is 4.39 Å². The average Bonchev–Trinajstić information content (AvgIpc) is 3.18. The van der Waals surface area contributed by atoms with E-state index in [4.69, 9.17) is 0 Å². The van der Waals surface area contributed by atoms with Crippen molar-refractivity contribution < 1.29 is 9.18 Å². The van der Waals surface area contributed by atoms with Gasteiger partial charge in [0.05, 0.1) is 11.4 Å². The van der Waals surface area contributed by atoms with Gasteiger partial charge in [-0.25, -0.2) is 9.37 Å². The monoisotopic (exact) mass is 429 g/mol. The number of nitrogens with one attached hydrogen (secondary N) is 1. The zero-order valence-electron chi connectivity index (χ0n) is 16.2. The lowest BCUT2D eigenvalue weighted by atomic mass is 10.2. The fourth-order valence-corrected chi connectivity index (χ4v) is 4.42. The minimum atomic E-state index is -0.543. The second-order valence-corrected chi connectivity index (χ2v) is 7.90. The normalized spacial score (nSPS) is 11.3. The Labute approximate surface area is 180 Å². The smallest absolute Gasteiger partial charge is 0.283 e. The number of hydrogen-bond acceptors (Lipinski definition) is 4. The third kappa shape index (κ3) is 3.43. The number of hydrogen-bond donors (Lipinski definition) is 1. The topological polar surface area (TPSA) is 67.8 Å². The fourth-order valence-electron chi connectivity index (χ4n) is 3.52. The Morgan fingerprint density at radius 3 is 2.48 bits per heavy atom. The second-order valence-electron chi connectivity index (χ2n) is 6.96. The van der Waals surface area contributed by atoms with Gasteiger partial charge in [-0.2, -0.15) is 0 Å². The van der Waals surface area contributed by atoms with E-state index in [1.807, 2.05) is 30.3 Å². The number of Topliss-reactive ketones (excluding diaryl/α,β-unsaturated/α-hetero) is 1. The summed E-state index contributed by atoms with van der Waals surface area (Å²) >= 11 is 1.12. The molecule has 0 aliphatic heterocycles. The van der Waals surface area contributed by atoms with Gasteiger partial charge in [0.15, 0.2) is 10.9 Å². The number of aromatic amines is 1. The van der Waals surface area contributed by atoms with Gasteiger partial charge in [-0.3, -0.25) is 14.2 Å². The molecule has 0 saturated heterocycles. The number of rotatable bonds is 5. The van der Waals surface area contributed by atoms with Gasteiger partial charge in [0.2, 0.25) is 0 Å². The van der Waals surface area contributed by atoms with Gasteiger partial charge in [-0.1, -0.05) is 72.4 Å². The SMILES string of the molecule is O=C(CSc1nc2c([nH]c3ccccc32)c(=O)n1-c1ccccc1F)c1ccccc1. The Balaban J connectivity index is 1.68. The molecule has 1 N–H and O–H groups in total. The number of H-pyrrole nitrogens is 1. The van der Waals surface area contributed by atoms with Crippen molar-refractivity contribution in [3.05, 3.63) is 101 Å². The summed E-state index contributed by atoms with van der Waals surface area (Å²) in [7, 11) is 0. The number of para-hydroxylation sites is 2. The number of aromatic nitrogens is 3. The van der Waals surface area contributed by atoms with E-state index in [1.165, 1.54) is 16.7 Å². The van der Waals surface area contributed by atoms with Crippen LogP contribution in [0, 0.1) is 5.82 Å². The zero-order chi connectivity index (χ0) is 21.4. The van der Waals surface area contributed by atoms with Crippen LogP contribution in [-0.4, -0.2) is 26.1 Å². The Hall–Kier alpha value is -3.71. The van der Waals surface area contributed by atoms with E-state index in [0.717, 1.165) is 22.7 Å². The van der Waals surface area contributed by atoms with E-state index in [-0.39, 0.29) is 22.4 Å². The summed E-state index contributed by atoms with van der Waals surface area (Å²) in [5.41, 5.74) is 1.81. The summed E-state index contributed by atoms with van der Waals surface area (Å²) in [6, 6.07) is 22.4. The lowest BCUT2D eigenvalue weighted by Gasteiger charge is -2.12. The zero-order valence-corrected chi connectivity index (χ0v) is 17.0. The van der Waals surface area contributed by atoms with Gasteiger partial charge in [0.1, 0.15) is 16.9 Å². The van der Waals surface area contributed by atoms with E-state index < -0.39 is 11.4 Å². The third-order valence-corrected chi connectivity index (χ3v) is 5.95. The Bertz CT molecular complexity index is 1490. The maximum absolute atomic E-state index is 14.6. The molecule has 0 fully saturated rings. The van der Waals surface area contributed by atoms with Crippen LogP contribution < -0.4 is 5.56 Å². The molecule has 0 saturated carbocycles. The van der Waals surface area contributed by atoms with Crippen molar-refractivity contribution in [2.75, 3.05) is 5.75 Å². The highest BCUT2D eigenvalue weighted by Crippen LogP contribution is 2.27. The van der Waals surface area contributed by atoms with E-state index in [9.17, 15) is 14.0 Å². The van der Waals surface area contributed by atoms with Crippen LogP contribution in [0.3, 0.4) is 0 Å². The molecule has 0 atom stereocenters. The number of ketones is 1. The highest BCUT2D eigenvalue weighted by Gasteiger charge is 2.20. The average molecular weight is 429 g/mol. The minimum Gasteiger partial charge on any atom is -0.349 e. The molecule has 31 heavy (non-hydrogen) atoms. The standard InChI is InChI=1S/C24H16FN3O2S/c25-17-11-5-7-13-19(17)28-23(30)22-21(16-10-4-6-12-18(16)26-22)27-24(28)31-14-20(29)15-8-2-1-3-9-15/h1-13,26H,14H2. The number of thioether (sulfide) groups is 1. The predicted octanol–water partition coefficient (Wildman–Crippen LogP) is 4.98. The molecule has 0 aliphatic carbocycles. The first-order chi connectivity index (χ1) is 15.1. The summed E-state index contributed by atoms with van der Waals surface area (Å²) in [5.74, 6) is -0.573. The van der Waals surface area contributed by atoms with Crippen LogP contribution in [0.25, 0.3) is 27.6 Å². The van der Waals surface area contributed by atoms with Crippen LogP contribution in [0.5, 0.6) is 0 Å². The van der Waals surface area contributed by atoms with Gasteiger partial charge in [-0.15, -0.1) is 0 Å². The van der Waals surface area contributed by atoms with Crippen molar-refractivity contribution in [1.82, 2.24) is 14.5 Å². The van der Waals surface area contributed by atoms with Crippen molar-refractivity contribution >= 4 is 39.5 Å². The molecule has 0 bridgehead atoms. The lowest BCUT2D eigenvalue weighted by molar-refractivity contribution is 0.102. The van der Waals surface area contributed by atoms with Crippen LogP contribution >= 0.6 is 11.8 Å². The maximum Gasteiger partial charge on any atom is 0.283 e. The number of nitrogens with zero attached hydrogens (tertiary/aromatic N) is 2. The van der Waals surface area contributed by atoms with Crippen molar-refractivity contribution in [3.8, 4) is 5.69 Å². The Morgan fingerprint density at radius 2 is 1.68 bits per heavy atom. The maximum atomic E-state index is 14.6. The largest absolute Gasteiger partial charge is 0.349 e. The van der Waals surface area contributed by atoms with E-state index in [0.29, 0.717) is 16.6 Å². The third-order valence-electron chi connectivity index (χ3n) is 5.02. The van der Waals surface area contributed by atoms with Gasteiger partial charge in [-0.05, 0) is 18.2 Å². The van der Waals surface area contributed by atoms with Crippen LogP contribution in [0.1, 0.15) is 10.4 Å². The van der Waals surface area contributed by atoms with Gasteiger partial charge < -0.3 is 4.98 Å². The molecule has 5 rings (SSSR count).